The van der Waals surface area contributed by atoms with Crippen molar-refractivity contribution in [1.82, 2.24) is 19.5 Å². The zero-order valence-electron chi connectivity index (χ0n) is 46.1. The van der Waals surface area contributed by atoms with Crippen molar-refractivity contribution in [2.45, 2.75) is 111 Å². The molecular formula is C64H66IrN4OSi-2. The average molecular weight is 1130 g/mol. The normalized spacial score (nSPS) is 13.0. The Morgan fingerprint density at radius 3 is 1.97 bits per heavy atom. The molecule has 0 N–H and O–H groups in total. The number of aryl methyl sites for hydroxylation is 1. The van der Waals surface area contributed by atoms with E-state index in [2.05, 4.69) is 196 Å². The van der Waals surface area contributed by atoms with Crippen molar-refractivity contribution in [2.75, 3.05) is 0 Å². The number of hydrogen-bond donors (Lipinski definition) is 0. The Labute approximate surface area is 440 Å². The summed E-state index contributed by atoms with van der Waals surface area (Å²) in [7, 11) is -1.63. The summed E-state index contributed by atoms with van der Waals surface area (Å²) in [5.74, 6) is 1.35. The Morgan fingerprint density at radius 1 is 0.690 bits per heavy atom. The molecule has 363 valence electrons. The number of rotatable bonds is 9. The molecule has 0 spiro atoms. The molecule has 0 fully saturated rings. The van der Waals surface area contributed by atoms with Crippen LogP contribution in [-0.4, -0.2) is 27.6 Å². The molecule has 7 heteroatoms. The number of nitrogens with zero attached hydrogens (tertiary/aromatic N) is 4. The monoisotopic (exact) mass is 1130 g/mol. The number of imidazole rings is 1. The number of benzene rings is 6. The molecule has 0 saturated heterocycles. The van der Waals surface area contributed by atoms with Gasteiger partial charge in [-0.1, -0.05) is 185 Å². The average Bonchev–Trinajstić information content (AvgIpc) is 3.94. The van der Waals surface area contributed by atoms with E-state index in [1.54, 1.807) is 18.2 Å². The standard InChI is InChI=1S/C40H38N3O.C24H28NSi.Ir/c1-24(2)31-20-27(26-14-9-8-10-15-26)21-32(25(3)4)37(31)43-34-23-41-36(40(5,6)7)22-33(34)42-39(43)30-18-13-17-29-28-16-11-12-19-35(28)44-38(29)30;1-18-12-14-19(15-13-18)22-16-21(23(17-25-22)26(4,5)6)24(2,3)20-10-8-7-9-11-20;/h8-17,19-25H,1-7H3;7-14,16-17H,1-6H3;/q2*-1;/i;1D3;. The van der Waals surface area contributed by atoms with Crippen LogP contribution in [0.3, 0.4) is 0 Å². The van der Waals surface area contributed by atoms with Gasteiger partial charge in [-0.3, -0.25) is 9.97 Å². The molecule has 0 amide bonds. The fraction of sp³-hybridized carbons (Fsp3) is 0.266. The molecular weight excluding hydrogens is 1060 g/mol. The van der Waals surface area contributed by atoms with Crippen LogP contribution in [0.5, 0.6) is 0 Å². The topological polar surface area (TPSA) is 56.7 Å². The van der Waals surface area contributed by atoms with Gasteiger partial charge in [0.2, 0.25) is 0 Å². The summed E-state index contributed by atoms with van der Waals surface area (Å²) >= 11 is 0. The van der Waals surface area contributed by atoms with Gasteiger partial charge < -0.3 is 14.0 Å². The van der Waals surface area contributed by atoms with Crippen LogP contribution in [-0.2, 0) is 30.9 Å². The summed E-state index contributed by atoms with van der Waals surface area (Å²) in [6, 6.07) is 54.2. The van der Waals surface area contributed by atoms with Gasteiger partial charge in [-0.2, -0.15) is 0 Å². The molecule has 1 radical (unpaired) electrons. The third-order valence-electron chi connectivity index (χ3n) is 13.6. The van der Waals surface area contributed by atoms with Gasteiger partial charge in [0, 0.05) is 58.0 Å². The number of hydrogen-bond acceptors (Lipinski definition) is 4. The minimum Gasteiger partial charge on any atom is -0.501 e. The SMILES string of the molecule is CC(C)c1cc(-c2ccccc2)cc(C(C)C)c1-n1c(-c2[c-]ccc3c2oc2ccccc23)nc2cc(C(C)(C)C)ncc21.[2H]C([2H])([2H])c1c[c-]c(-c2cc(C(C)(C)c3ccccc3)c([Si](C)(C)C)cn2)cc1.[Ir]. The first-order valence-corrected chi connectivity index (χ1v) is 28.1. The van der Waals surface area contributed by atoms with Crippen LogP contribution in [0, 0.1) is 19.0 Å². The van der Waals surface area contributed by atoms with Crippen LogP contribution in [0.4, 0.5) is 0 Å². The minimum atomic E-state index is -2.12. The zero-order chi connectivity index (χ0) is 52.2. The molecule has 10 aromatic rings. The van der Waals surface area contributed by atoms with Crippen molar-refractivity contribution in [3.05, 3.63) is 198 Å². The Bertz CT molecular complexity index is 3570. The second-order valence-electron chi connectivity index (χ2n) is 21.8. The summed E-state index contributed by atoms with van der Waals surface area (Å²) < 4.78 is 31.5. The fourth-order valence-corrected chi connectivity index (χ4v) is 11.2. The number of para-hydroxylation sites is 1. The van der Waals surface area contributed by atoms with Crippen LogP contribution in [0.15, 0.2) is 156 Å². The van der Waals surface area contributed by atoms with Gasteiger partial charge in [0.25, 0.3) is 0 Å². The molecule has 0 saturated carbocycles. The molecule has 10 rings (SSSR count). The van der Waals surface area contributed by atoms with E-state index < -0.39 is 14.9 Å². The van der Waals surface area contributed by atoms with E-state index in [1.165, 1.54) is 44.3 Å². The van der Waals surface area contributed by atoms with E-state index >= 15 is 0 Å². The van der Waals surface area contributed by atoms with E-state index in [4.69, 9.17) is 23.5 Å². The Hall–Kier alpha value is -6.24. The first-order chi connectivity index (χ1) is 34.5. The minimum absolute atomic E-state index is 0. The predicted octanol–water partition coefficient (Wildman–Crippen LogP) is 16.7. The Kier molecular flexibility index (Phi) is 13.3. The molecule has 0 atom stereocenters. The van der Waals surface area contributed by atoms with Crippen LogP contribution in [0.2, 0.25) is 19.6 Å². The summed E-state index contributed by atoms with van der Waals surface area (Å²) in [5.41, 5.74) is 15.8. The van der Waals surface area contributed by atoms with Crippen LogP contribution in [0.1, 0.15) is 112 Å². The molecule has 0 aliphatic heterocycles. The molecule has 71 heavy (non-hydrogen) atoms. The quantitative estimate of drug-likeness (QED) is 0.107. The van der Waals surface area contributed by atoms with Crippen LogP contribution >= 0.6 is 0 Å². The predicted molar refractivity (Wildman–Crippen MR) is 298 cm³/mol. The van der Waals surface area contributed by atoms with Crippen LogP contribution in [0.25, 0.3) is 72.4 Å². The van der Waals surface area contributed by atoms with Gasteiger partial charge in [-0.25, -0.2) is 0 Å². The number of fused-ring (bicyclic) bond motifs is 4. The largest absolute Gasteiger partial charge is 0.501 e. The maximum absolute atomic E-state index is 7.56. The van der Waals surface area contributed by atoms with Gasteiger partial charge in [0.1, 0.15) is 5.58 Å². The third-order valence-corrected chi connectivity index (χ3v) is 15.6. The Morgan fingerprint density at radius 2 is 1.35 bits per heavy atom. The van der Waals surface area contributed by atoms with E-state index in [9.17, 15) is 0 Å². The first-order valence-electron chi connectivity index (χ1n) is 26.1. The fourth-order valence-electron chi connectivity index (χ4n) is 9.57. The van der Waals surface area contributed by atoms with Crippen molar-refractivity contribution in [1.29, 1.82) is 0 Å². The van der Waals surface area contributed by atoms with Crippen molar-refractivity contribution >= 4 is 46.2 Å². The van der Waals surface area contributed by atoms with Gasteiger partial charge in [-0.05, 0) is 80.4 Å². The van der Waals surface area contributed by atoms with E-state index in [1.807, 2.05) is 36.7 Å². The first kappa shape index (κ1) is 47.1. The molecule has 0 unspecified atom stereocenters. The molecule has 6 aromatic carbocycles. The maximum atomic E-state index is 7.56. The number of aromatic nitrogens is 4. The molecule has 4 aromatic heterocycles. The molecule has 5 nitrogen and oxygen atoms in total. The van der Waals surface area contributed by atoms with Gasteiger partial charge in [0.15, 0.2) is 0 Å². The van der Waals surface area contributed by atoms with Gasteiger partial charge in [-0.15, -0.1) is 53.6 Å². The molecule has 0 bridgehead atoms. The molecule has 0 aliphatic rings. The van der Waals surface area contributed by atoms with E-state index in [0.29, 0.717) is 5.56 Å². The van der Waals surface area contributed by atoms with Crippen molar-refractivity contribution in [2.24, 2.45) is 0 Å². The smallest absolute Gasteiger partial charge is 0.120 e. The van der Waals surface area contributed by atoms with Crippen LogP contribution < -0.4 is 5.19 Å². The molecule has 0 aliphatic carbocycles. The zero-order valence-corrected chi connectivity index (χ0v) is 46.5. The van der Waals surface area contributed by atoms with E-state index in [-0.39, 0.29) is 42.8 Å². The number of pyridine rings is 2. The van der Waals surface area contributed by atoms with Crippen molar-refractivity contribution in [3.63, 3.8) is 0 Å². The summed E-state index contributed by atoms with van der Waals surface area (Å²) in [6.45, 7) is 25.1. The van der Waals surface area contributed by atoms with Gasteiger partial charge >= 0.3 is 0 Å². The van der Waals surface area contributed by atoms with Crippen molar-refractivity contribution < 1.29 is 28.6 Å². The van der Waals surface area contributed by atoms with Crippen molar-refractivity contribution in [3.8, 4) is 39.5 Å². The van der Waals surface area contributed by atoms with E-state index in [0.717, 1.165) is 61.3 Å². The van der Waals surface area contributed by atoms with Gasteiger partial charge in [0.05, 0.1) is 36.7 Å². The Balaban J connectivity index is 0.000000212. The number of furan rings is 1. The second kappa shape index (κ2) is 20.1. The summed E-state index contributed by atoms with van der Waals surface area (Å²) in [6.07, 6.45) is 4.03. The maximum Gasteiger partial charge on any atom is 0.120 e. The second-order valence-corrected chi connectivity index (χ2v) is 26.8. The summed E-state index contributed by atoms with van der Waals surface area (Å²) in [5, 5.41) is 3.50. The molecule has 4 heterocycles. The third kappa shape index (κ3) is 10.2. The summed E-state index contributed by atoms with van der Waals surface area (Å²) in [4.78, 5) is 15.1.